The molecule has 1 saturated heterocycles. The third-order valence-corrected chi connectivity index (χ3v) is 8.12. The van der Waals surface area contributed by atoms with Crippen molar-refractivity contribution in [2.45, 2.75) is 51.0 Å². The van der Waals surface area contributed by atoms with Crippen LogP contribution < -0.4 is 16.5 Å². The molecule has 244 valence electrons. The topological polar surface area (TPSA) is 217 Å². The Morgan fingerprint density at radius 2 is 1.57 bits per heavy atom. The predicted octanol–water partition coefficient (Wildman–Crippen LogP) is 2.17. The Bertz CT molecular complexity index is 1730. The normalized spacial score (nSPS) is 18.2. The van der Waals surface area contributed by atoms with Gasteiger partial charge in [-0.05, 0) is 49.6 Å². The highest BCUT2D eigenvalue weighted by Crippen LogP contribution is 2.44. The molecule has 14 nitrogen and oxygen atoms in total. The quantitative estimate of drug-likeness (QED) is 0.0742. The molecular formula is C33H34N6O8. The lowest BCUT2D eigenvalue weighted by atomic mass is 9.88. The summed E-state index contributed by atoms with van der Waals surface area (Å²) in [4.78, 5) is 84.0. The van der Waals surface area contributed by atoms with Crippen LogP contribution in [0.2, 0.25) is 0 Å². The number of hydrogen-bond donors (Lipinski definition) is 4. The first kappa shape index (κ1) is 34.0. The van der Waals surface area contributed by atoms with Gasteiger partial charge in [0.2, 0.25) is 5.91 Å². The van der Waals surface area contributed by atoms with Crippen LogP contribution in [0.3, 0.4) is 0 Å². The molecule has 3 atom stereocenters. The van der Waals surface area contributed by atoms with Gasteiger partial charge in [0.05, 0.1) is 18.7 Å². The summed E-state index contributed by atoms with van der Waals surface area (Å²) in [7, 11) is 0. The van der Waals surface area contributed by atoms with Crippen molar-refractivity contribution in [3.8, 4) is 0 Å². The Morgan fingerprint density at radius 1 is 0.979 bits per heavy atom. The van der Waals surface area contributed by atoms with Crippen LogP contribution in [0.5, 0.6) is 0 Å². The van der Waals surface area contributed by atoms with Gasteiger partial charge in [-0.15, -0.1) is 0 Å². The molecule has 4 rings (SSSR count). The molecule has 0 unspecified atom stereocenters. The smallest absolute Gasteiger partial charge is 0.360 e. The fraction of sp³-hybridized carbons (Fsp3) is 0.242. The van der Waals surface area contributed by atoms with Gasteiger partial charge < -0.3 is 26.7 Å². The second-order valence-corrected chi connectivity index (χ2v) is 11.2. The van der Waals surface area contributed by atoms with Gasteiger partial charge in [-0.3, -0.25) is 24.1 Å². The van der Waals surface area contributed by atoms with Gasteiger partial charge in [-0.25, -0.2) is 14.5 Å². The highest BCUT2D eigenvalue weighted by Gasteiger charge is 2.69. The van der Waals surface area contributed by atoms with Crippen LogP contribution in [-0.2, 0) is 36.1 Å². The number of carboxylic acids is 2. The molecule has 6 N–H and O–H groups in total. The second-order valence-electron chi connectivity index (χ2n) is 11.2. The zero-order chi connectivity index (χ0) is 34.7. The predicted molar refractivity (Wildman–Crippen MR) is 170 cm³/mol. The summed E-state index contributed by atoms with van der Waals surface area (Å²) in [5.74, 6) is -1.99. The zero-order valence-electron chi connectivity index (χ0n) is 25.9. The number of Topliss-reactive ketones (excluding diaryl/α,β-unsaturated/α-hetero) is 1. The monoisotopic (exact) mass is 642 g/mol. The maximum atomic E-state index is 14.8. The maximum Gasteiger partial charge on any atom is 0.360 e. The van der Waals surface area contributed by atoms with E-state index in [0.717, 1.165) is 17.4 Å². The third-order valence-electron chi connectivity index (χ3n) is 8.12. The number of aryl methyl sites for hydroxylation is 1. The molecule has 1 aliphatic rings. The molecule has 0 spiro atoms. The Kier molecular flexibility index (Phi) is 9.57. The number of ketones is 1. The molecule has 3 aromatic carbocycles. The Hall–Kier alpha value is -5.89. The van der Waals surface area contributed by atoms with Gasteiger partial charge in [-0.2, -0.15) is 5.10 Å². The molecule has 0 aliphatic carbocycles. The van der Waals surface area contributed by atoms with Crippen molar-refractivity contribution >= 4 is 47.5 Å². The van der Waals surface area contributed by atoms with Crippen molar-refractivity contribution in [3.05, 3.63) is 101 Å². The number of hydrogen-bond acceptors (Lipinski definition) is 9. The number of carbonyl (C=O) groups excluding carboxylic acids is 4. The number of nitrogens with zero attached hydrogens (tertiary/aromatic N) is 4. The van der Waals surface area contributed by atoms with E-state index in [1.54, 1.807) is 42.5 Å². The Balaban J connectivity index is 2.02. The Morgan fingerprint density at radius 3 is 2.09 bits per heavy atom. The van der Waals surface area contributed by atoms with Gasteiger partial charge in [0, 0.05) is 12.2 Å². The number of rotatable bonds is 12. The van der Waals surface area contributed by atoms with Crippen molar-refractivity contribution in [1.82, 2.24) is 9.80 Å². The third kappa shape index (κ3) is 5.93. The van der Waals surface area contributed by atoms with Crippen molar-refractivity contribution in [2.24, 2.45) is 16.7 Å². The highest BCUT2D eigenvalue weighted by atomic mass is 16.4. The lowest BCUT2D eigenvalue weighted by Gasteiger charge is -2.43. The van der Waals surface area contributed by atoms with E-state index in [0.29, 0.717) is 16.0 Å². The van der Waals surface area contributed by atoms with Crippen LogP contribution in [0, 0.1) is 6.92 Å². The standard InChI is InChI=1S/C33H34N6O8/c1-20-9-11-23(12-10-20)19-37-31(47)39(29(44)32(37,3)24-15-13-22(14-16-24)18-36-35)33(21(2)40,30(45)46)38(25-7-5-4-6-8-25)28(43)26(34)17-27(41)42/h4-16,18,26H,17,19,34-35H2,1-3H3,(H,41,42)(H,45,46)/t26-,32+,33-/m0/s1. The van der Waals surface area contributed by atoms with Gasteiger partial charge in [-0.1, -0.05) is 72.3 Å². The van der Waals surface area contributed by atoms with E-state index < -0.39 is 59.2 Å². The van der Waals surface area contributed by atoms with E-state index in [-0.39, 0.29) is 22.7 Å². The number of imide groups is 1. The molecule has 14 heteroatoms. The van der Waals surface area contributed by atoms with E-state index in [4.69, 9.17) is 11.6 Å². The summed E-state index contributed by atoms with van der Waals surface area (Å²) >= 11 is 0. The summed E-state index contributed by atoms with van der Waals surface area (Å²) in [6.45, 7) is 3.90. The fourth-order valence-corrected chi connectivity index (χ4v) is 5.63. The highest BCUT2D eigenvalue weighted by molar-refractivity contribution is 6.24. The number of carboxylic acid groups (broad SMARTS) is 2. The molecular weight excluding hydrogens is 608 g/mol. The SMILES string of the molecule is CC(=O)[C@@](C(=O)O)(N1C(=O)N(Cc2ccc(C)cc2)[C@](C)(c2ccc(C=NN)cc2)C1=O)N(C(=O)[C@@H](N)CC(=O)O)c1ccccc1. The fourth-order valence-electron chi connectivity index (χ4n) is 5.63. The number of carbonyl (C=O) groups is 6. The molecule has 0 aromatic heterocycles. The largest absolute Gasteiger partial charge is 0.481 e. The number of aliphatic carboxylic acids is 2. The lowest BCUT2D eigenvalue weighted by Crippen LogP contribution is -2.74. The number of hydrazone groups is 1. The molecule has 4 amide bonds. The molecule has 3 aromatic rings. The molecule has 1 heterocycles. The van der Waals surface area contributed by atoms with Gasteiger partial charge >= 0.3 is 18.0 Å². The first-order chi connectivity index (χ1) is 22.2. The van der Waals surface area contributed by atoms with Crippen LogP contribution in [0.15, 0.2) is 84.0 Å². The van der Waals surface area contributed by atoms with E-state index in [2.05, 4.69) is 5.10 Å². The van der Waals surface area contributed by atoms with E-state index in [1.165, 1.54) is 49.5 Å². The van der Waals surface area contributed by atoms with Crippen LogP contribution >= 0.6 is 0 Å². The zero-order valence-corrected chi connectivity index (χ0v) is 25.9. The van der Waals surface area contributed by atoms with Crippen molar-refractivity contribution in [1.29, 1.82) is 0 Å². The van der Waals surface area contributed by atoms with Gasteiger partial charge in [0.1, 0.15) is 5.54 Å². The van der Waals surface area contributed by atoms with E-state index >= 15 is 0 Å². The van der Waals surface area contributed by atoms with Crippen molar-refractivity contribution < 1.29 is 39.0 Å². The van der Waals surface area contributed by atoms with E-state index in [1.807, 2.05) is 6.92 Å². The lowest BCUT2D eigenvalue weighted by molar-refractivity contribution is -0.162. The molecule has 1 aliphatic heterocycles. The van der Waals surface area contributed by atoms with Crippen LogP contribution in [-0.4, -0.2) is 73.5 Å². The minimum absolute atomic E-state index is 0.199. The van der Waals surface area contributed by atoms with Gasteiger partial charge in [0.25, 0.3) is 11.6 Å². The van der Waals surface area contributed by atoms with Crippen LogP contribution in [0.4, 0.5) is 10.5 Å². The molecule has 0 saturated carbocycles. The summed E-state index contributed by atoms with van der Waals surface area (Å²) in [6, 6.07) is 17.2. The molecule has 0 bridgehead atoms. The summed E-state index contributed by atoms with van der Waals surface area (Å²) in [6.07, 6.45) is 0.423. The number of benzene rings is 3. The minimum atomic E-state index is -3.32. The maximum absolute atomic E-state index is 14.8. The molecule has 47 heavy (non-hydrogen) atoms. The van der Waals surface area contributed by atoms with Crippen molar-refractivity contribution in [2.75, 3.05) is 4.90 Å². The second kappa shape index (κ2) is 13.2. The number of urea groups is 1. The van der Waals surface area contributed by atoms with Gasteiger partial charge in [0.15, 0.2) is 5.78 Å². The van der Waals surface area contributed by atoms with Crippen LogP contribution in [0.1, 0.15) is 42.5 Å². The number of para-hydroxylation sites is 1. The summed E-state index contributed by atoms with van der Waals surface area (Å²) in [5.41, 5.74) is 2.82. The Labute approximate surface area is 269 Å². The first-order valence-corrected chi connectivity index (χ1v) is 14.4. The summed E-state index contributed by atoms with van der Waals surface area (Å²) in [5, 5.41) is 23.8. The van der Waals surface area contributed by atoms with Crippen LogP contribution in [0.25, 0.3) is 0 Å². The first-order valence-electron chi connectivity index (χ1n) is 14.4. The average Bonchev–Trinajstić information content (AvgIpc) is 3.21. The number of amides is 4. The minimum Gasteiger partial charge on any atom is -0.481 e. The van der Waals surface area contributed by atoms with Crippen molar-refractivity contribution in [3.63, 3.8) is 0 Å². The number of anilines is 1. The number of nitrogens with two attached hydrogens (primary N) is 2. The average molecular weight is 643 g/mol. The molecule has 0 radical (unpaired) electrons. The van der Waals surface area contributed by atoms with E-state index in [9.17, 15) is 39.0 Å². The summed E-state index contributed by atoms with van der Waals surface area (Å²) < 4.78 is 0. The molecule has 1 fully saturated rings.